The van der Waals surface area contributed by atoms with Crippen molar-refractivity contribution in [3.63, 3.8) is 0 Å². The fourth-order valence-corrected chi connectivity index (χ4v) is 4.31. The average molecular weight is 438 g/mol. The van der Waals surface area contributed by atoms with Crippen LogP contribution in [0.1, 0.15) is 5.56 Å². The molecule has 158 valence electrons. The highest BCUT2D eigenvalue weighted by Crippen LogP contribution is 2.32. The van der Waals surface area contributed by atoms with Gasteiger partial charge in [0.2, 0.25) is 0 Å². The summed E-state index contributed by atoms with van der Waals surface area (Å²) >= 11 is 0. The summed E-state index contributed by atoms with van der Waals surface area (Å²) in [7, 11) is -1.96. The molecule has 0 saturated carbocycles. The van der Waals surface area contributed by atoms with Crippen molar-refractivity contribution in [3.8, 4) is 11.5 Å². The second kappa shape index (κ2) is 8.62. The molecule has 2 aromatic carbocycles. The maximum atomic E-state index is 14.3. The molecule has 1 heterocycles. The summed E-state index contributed by atoms with van der Waals surface area (Å²) in [6, 6.07) is 9.74. The van der Waals surface area contributed by atoms with Crippen LogP contribution in [-0.4, -0.2) is 27.6 Å². The summed E-state index contributed by atoms with van der Waals surface area (Å²) in [4.78, 5) is 2.72. The molecule has 3 aromatic rings. The Bertz CT molecular complexity index is 1130. The molecule has 6 nitrogen and oxygen atoms in total. The van der Waals surface area contributed by atoms with Gasteiger partial charge in [0.1, 0.15) is 34.8 Å². The lowest BCUT2D eigenvalue weighted by molar-refractivity contribution is 0.391. The molecule has 10 heteroatoms. The van der Waals surface area contributed by atoms with Crippen molar-refractivity contribution >= 4 is 15.8 Å². The molecule has 0 aliphatic carbocycles. The fraction of sp³-hybridized carbons (Fsp3) is 0.150. The summed E-state index contributed by atoms with van der Waals surface area (Å²) < 4.78 is 79.5. The van der Waals surface area contributed by atoms with Crippen molar-refractivity contribution in [2.24, 2.45) is 0 Å². The van der Waals surface area contributed by atoms with E-state index in [-0.39, 0.29) is 12.4 Å². The standard InChI is InChI=1S/C20H17F3N2O4S/c1-28-15-7-6-13(18(11-15)29-2)12-25(19-5-3-4-8-24-19)30(26,27)20-16(22)9-14(21)10-17(20)23/h3-11H,12H2,1-2H3. The number of benzene rings is 2. The number of anilines is 1. The Kier molecular flexibility index (Phi) is 6.16. The lowest BCUT2D eigenvalue weighted by atomic mass is 10.2. The third kappa shape index (κ3) is 4.18. The molecule has 0 aliphatic heterocycles. The highest BCUT2D eigenvalue weighted by Gasteiger charge is 2.33. The second-order valence-electron chi connectivity index (χ2n) is 6.08. The van der Waals surface area contributed by atoms with Gasteiger partial charge in [0.05, 0.1) is 20.8 Å². The molecule has 0 bridgehead atoms. The van der Waals surface area contributed by atoms with Crippen LogP contribution in [0.25, 0.3) is 0 Å². The van der Waals surface area contributed by atoms with Gasteiger partial charge in [-0.25, -0.2) is 30.9 Å². The van der Waals surface area contributed by atoms with Crippen LogP contribution in [-0.2, 0) is 16.6 Å². The van der Waals surface area contributed by atoms with E-state index >= 15 is 0 Å². The van der Waals surface area contributed by atoms with Crippen molar-refractivity contribution in [3.05, 3.63) is 77.7 Å². The Morgan fingerprint density at radius 2 is 1.67 bits per heavy atom. The Labute approximate surface area is 171 Å². The number of aromatic nitrogens is 1. The molecule has 0 aliphatic rings. The number of hydrogen-bond donors (Lipinski definition) is 0. The minimum atomic E-state index is -4.80. The lowest BCUT2D eigenvalue weighted by Gasteiger charge is -2.25. The van der Waals surface area contributed by atoms with Gasteiger partial charge in [-0.15, -0.1) is 0 Å². The first-order valence-electron chi connectivity index (χ1n) is 8.57. The van der Waals surface area contributed by atoms with Crippen LogP contribution in [0, 0.1) is 17.5 Å². The lowest BCUT2D eigenvalue weighted by Crippen LogP contribution is -2.32. The predicted molar refractivity (Wildman–Crippen MR) is 103 cm³/mol. The van der Waals surface area contributed by atoms with Gasteiger partial charge in [0.25, 0.3) is 10.0 Å². The van der Waals surface area contributed by atoms with Crippen LogP contribution >= 0.6 is 0 Å². The Balaban J connectivity index is 2.16. The quantitative estimate of drug-likeness (QED) is 0.560. The third-order valence-corrected chi connectivity index (χ3v) is 6.03. The normalized spacial score (nSPS) is 11.2. The van der Waals surface area contributed by atoms with Gasteiger partial charge in [-0.1, -0.05) is 6.07 Å². The van der Waals surface area contributed by atoms with E-state index in [1.807, 2.05) is 0 Å². The molecule has 0 spiro atoms. The van der Waals surface area contributed by atoms with E-state index in [1.165, 1.54) is 38.6 Å². The number of nitrogens with zero attached hydrogens (tertiary/aromatic N) is 2. The summed E-state index contributed by atoms with van der Waals surface area (Å²) in [6.45, 7) is -0.358. The van der Waals surface area contributed by atoms with Crippen molar-refractivity contribution in [1.29, 1.82) is 0 Å². The number of sulfonamides is 1. The number of ether oxygens (including phenoxy) is 2. The van der Waals surface area contributed by atoms with Gasteiger partial charge >= 0.3 is 0 Å². The van der Waals surface area contributed by atoms with Gasteiger partial charge in [-0.3, -0.25) is 0 Å². The van der Waals surface area contributed by atoms with Crippen LogP contribution < -0.4 is 13.8 Å². The predicted octanol–water partition coefficient (Wildman–Crippen LogP) is 3.91. The van der Waals surface area contributed by atoms with Gasteiger partial charge < -0.3 is 9.47 Å². The Morgan fingerprint density at radius 3 is 2.23 bits per heavy atom. The zero-order valence-corrected chi connectivity index (χ0v) is 16.8. The van der Waals surface area contributed by atoms with E-state index in [2.05, 4.69) is 4.98 Å². The number of methoxy groups -OCH3 is 2. The van der Waals surface area contributed by atoms with E-state index in [1.54, 1.807) is 18.2 Å². The van der Waals surface area contributed by atoms with Crippen molar-refractivity contribution < 1.29 is 31.1 Å². The van der Waals surface area contributed by atoms with Crippen LogP contribution in [0.4, 0.5) is 19.0 Å². The topological polar surface area (TPSA) is 68.7 Å². The summed E-state index contributed by atoms with van der Waals surface area (Å²) in [5.74, 6) is -3.64. The molecule has 0 fully saturated rings. The Hall–Kier alpha value is -3.27. The van der Waals surface area contributed by atoms with Crippen LogP contribution in [0.15, 0.2) is 59.6 Å². The second-order valence-corrected chi connectivity index (χ2v) is 7.88. The zero-order valence-electron chi connectivity index (χ0n) is 16.0. The van der Waals surface area contributed by atoms with E-state index in [0.717, 1.165) is 4.31 Å². The van der Waals surface area contributed by atoms with Gasteiger partial charge in [-0.05, 0) is 24.3 Å². The van der Waals surface area contributed by atoms with Crippen molar-refractivity contribution in [2.75, 3.05) is 18.5 Å². The molecule has 0 atom stereocenters. The zero-order chi connectivity index (χ0) is 21.9. The minimum Gasteiger partial charge on any atom is -0.497 e. The minimum absolute atomic E-state index is 0.0847. The molecular weight excluding hydrogens is 421 g/mol. The SMILES string of the molecule is COc1ccc(CN(c2ccccn2)S(=O)(=O)c2c(F)cc(F)cc2F)c(OC)c1. The molecular formula is C20H17F3N2O4S. The van der Waals surface area contributed by atoms with Gasteiger partial charge in [0, 0.05) is 30.0 Å². The van der Waals surface area contributed by atoms with Crippen LogP contribution in [0.3, 0.4) is 0 Å². The molecule has 0 N–H and O–H groups in total. The molecule has 0 unspecified atom stereocenters. The van der Waals surface area contributed by atoms with Crippen LogP contribution in [0.2, 0.25) is 0 Å². The summed E-state index contributed by atoms with van der Waals surface area (Å²) in [6.07, 6.45) is 1.33. The maximum Gasteiger partial charge on any atom is 0.271 e. The average Bonchev–Trinajstić information content (AvgIpc) is 2.71. The van der Waals surface area contributed by atoms with Crippen molar-refractivity contribution in [1.82, 2.24) is 4.98 Å². The third-order valence-electron chi connectivity index (χ3n) is 4.22. The first-order valence-corrected chi connectivity index (χ1v) is 10.0. The van der Waals surface area contributed by atoms with Crippen molar-refractivity contribution in [2.45, 2.75) is 11.4 Å². The summed E-state index contributed by atoms with van der Waals surface area (Å²) in [5, 5.41) is 0. The highest BCUT2D eigenvalue weighted by atomic mass is 32.2. The van der Waals surface area contributed by atoms with Gasteiger partial charge in [-0.2, -0.15) is 0 Å². The summed E-state index contributed by atoms with van der Waals surface area (Å²) in [5.41, 5.74) is 0.385. The molecule has 30 heavy (non-hydrogen) atoms. The monoisotopic (exact) mass is 438 g/mol. The molecule has 3 rings (SSSR count). The molecule has 0 radical (unpaired) electrons. The number of rotatable bonds is 7. The first-order chi connectivity index (χ1) is 14.3. The highest BCUT2D eigenvalue weighted by molar-refractivity contribution is 7.92. The van der Waals surface area contributed by atoms with E-state index in [0.29, 0.717) is 29.2 Å². The number of pyridine rings is 1. The van der Waals surface area contributed by atoms with E-state index < -0.39 is 32.4 Å². The van der Waals surface area contributed by atoms with Crippen LogP contribution in [0.5, 0.6) is 11.5 Å². The molecule has 1 aromatic heterocycles. The first kappa shape index (κ1) is 21.4. The van der Waals surface area contributed by atoms with E-state index in [9.17, 15) is 21.6 Å². The maximum absolute atomic E-state index is 14.3. The number of halogens is 3. The molecule has 0 saturated heterocycles. The fourth-order valence-electron chi connectivity index (χ4n) is 2.81. The molecule has 0 amide bonds. The Morgan fingerprint density at radius 1 is 0.967 bits per heavy atom. The number of hydrogen-bond acceptors (Lipinski definition) is 5. The van der Waals surface area contributed by atoms with Gasteiger partial charge in [0.15, 0.2) is 4.90 Å². The van der Waals surface area contributed by atoms with E-state index in [4.69, 9.17) is 9.47 Å². The smallest absolute Gasteiger partial charge is 0.271 e. The largest absolute Gasteiger partial charge is 0.497 e.